The van der Waals surface area contributed by atoms with Gasteiger partial charge >= 0.3 is 0 Å². The zero-order valence-corrected chi connectivity index (χ0v) is 19.7. The minimum absolute atomic E-state index is 0.0581. The van der Waals surface area contributed by atoms with E-state index in [0.29, 0.717) is 32.7 Å². The third-order valence-corrected chi connectivity index (χ3v) is 6.70. The van der Waals surface area contributed by atoms with Crippen LogP contribution in [0.3, 0.4) is 0 Å². The monoisotopic (exact) mass is 482 g/mol. The smallest absolute Gasteiger partial charge is 0.257 e. The highest BCUT2D eigenvalue weighted by Gasteiger charge is 2.42. The maximum Gasteiger partial charge on any atom is 0.257 e. The maximum absolute atomic E-state index is 13.4. The molecule has 1 aliphatic carbocycles. The second kappa shape index (κ2) is 9.86. The van der Waals surface area contributed by atoms with Crippen LogP contribution in [0.1, 0.15) is 41.6 Å². The van der Waals surface area contributed by atoms with Crippen LogP contribution in [0.15, 0.2) is 66.7 Å². The van der Waals surface area contributed by atoms with E-state index < -0.39 is 5.41 Å². The first-order valence-electron chi connectivity index (χ1n) is 10.7. The van der Waals surface area contributed by atoms with Crippen molar-refractivity contribution in [2.24, 2.45) is 0 Å². The Labute approximate surface area is 203 Å². The van der Waals surface area contributed by atoms with E-state index in [4.69, 9.17) is 27.9 Å². The number of rotatable bonds is 6. The molecule has 0 atom stereocenters. The van der Waals surface area contributed by atoms with Crippen LogP contribution in [0, 0.1) is 0 Å². The van der Waals surface area contributed by atoms with Crippen LogP contribution in [0.4, 0.5) is 11.4 Å². The van der Waals surface area contributed by atoms with Crippen molar-refractivity contribution in [2.45, 2.75) is 31.1 Å². The Morgan fingerprint density at radius 3 is 2.27 bits per heavy atom. The van der Waals surface area contributed by atoms with Gasteiger partial charge < -0.3 is 15.4 Å². The molecule has 0 aliphatic heterocycles. The summed E-state index contributed by atoms with van der Waals surface area (Å²) in [6, 6.07) is 19.5. The third kappa shape index (κ3) is 4.85. The van der Waals surface area contributed by atoms with Gasteiger partial charge in [-0.05, 0) is 54.8 Å². The van der Waals surface area contributed by atoms with Crippen LogP contribution in [-0.2, 0) is 10.2 Å². The van der Waals surface area contributed by atoms with Gasteiger partial charge in [0.1, 0.15) is 5.75 Å². The number of carbonyl (C=O) groups is 2. The minimum atomic E-state index is -0.589. The number of amides is 2. The van der Waals surface area contributed by atoms with Crippen molar-refractivity contribution in [1.82, 2.24) is 0 Å². The van der Waals surface area contributed by atoms with Gasteiger partial charge in [0.25, 0.3) is 5.91 Å². The molecular formula is C26H24Cl2N2O3. The Bertz CT molecular complexity index is 1170. The van der Waals surface area contributed by atoms with E-state index in [2.05, 4.69) is 10.6 Å². The first-order chi connectivity index (χ1) is 15.9. The van der Waals surface area contributed by atoms with Crippen molar-refractivity contribution >= 4 is 46.4 Å². The normalized spacial score (nSPS) is 14.5. The molecule has 3 aromatic rings. The molecule has 170 valence electrons. The Morgan fingerprint density at radius 1 is 0.909 bits per heavy atom. The van der Waals surface area contributed by atoms with Crippen LogP contribution >= 0.6 is 23.2 Å². The molecule has 0 heterocycles. The minimum Gasteiger partial charge on any atom is -0.494 e. The summed E-state index contributed by atoms with van der Waals surface area (Å²) < 4.78 is 5.47. The van der Waals surface area contributed by atoms with Crippen molar-refractivity contribution in [3.8, 4) is 5.75 Å². The summed E-state index contributed by atoms with van der Waals surface area (Å²) in [4.78, 5) is 26.1. The average Bonchev–Trinajstić information content (AvgIpc) is 3.32. The van der Waals surface area contributed by atoms with Gasteiger partial charge in [0.2, 0.25) is 5.91 Å². The molecule has 7 heteroatoms. The van der Waals surface area contributed by atoms with E-state index >= 15 is 0 Å². The molecule has 0 radical (unpaired) electrons. The Hall–Kier alpha value is -3.02. The van der Waals surface area contributed by atoms with Crippen molar-refractivity contribution in [1.29, 1.82) is 0 Å². The molecule has 0 bridgehead atoms. The van der Waals surface area contributed by atoms with Crippen LogP contribution < -0.4 is 15.4 Å². The van der Waals surface area contributed by atoms with Gasteiger partial charge in [-0.25, -0.2) is 0 Å². The number of anilines is 2. The van der Waals surface area contributed by atoms with Crippen LogP contribution in [0.25, 0.3) is 0 Å². The van der Waals surface area contributed by atoms with Crippen molar-refractivity contribution in [2.75, 3.05) is 17.7 Å². The lowest BCUT2D eigenvalue weighted by atomic mass is 9.78. The van der Waals surface area contributed by atoms with E-state index in [9.17, 15) is 9.59 Å². The molecule has 2 N–H and O–H groups in total. The molecule has 1 saturated carbocycles. The number of ether oxygens (including phenoxy) is 1. The van der Waals surface area contributed by atoms with E-state index in [1.165, 1.54) is 7.11 Å². The predicted molar refractivity (Wildman–Crippen MR) is 133 cm³/mol. The summed E-state index contributed by atoms with van der Waals surface area (Å²) in [6.45, 7) is 0. The largest absolute Gasteiger partial charge is 0.494 e. The van der Waals surface area contributed by atoms with Crippen LogP contribution in [0.5, 0.6) is 5.75 Å². The number of methoxy groups -OCH3 is 1. The Kier molecular flexibility index (Phi) is 6.91. The summed E-state index contributed by atoms with van der Waals surface area (Å²) in [5.74, 6) is 0.0285. The highest BCUT2D eigenvalue weighted by Crippen LogP contribution is 2.42. The third-order valence-electron chi connectivity index (χ3n) is 6.11. The molecule has 33 heavy (non-hydrogen) atoms. The lowest BCUT2D eigenvalue weighted by Crippen LogP contribution is -2.38. The molecule has 0 saturated heterocycles. The van der Waals surface area contributed by atoms with Crippen molar-refractivity contribution in [3.05, 3.63) is 87.9 Å². The van der Waals surface area contributed by atoms with Gasteiger partial charge in [-0.2, -0.15) is 0 Å². The fraction of sp³-hybridized carbons (Fsp3) is 0.231. The molecule has 1 aliphatic rings. The van der Waals surface area contributed by atoms with E-state index in [0.717, 1.165) is 31.2 Å². The number of hydrogen-bond acceptors (Lipinski definition) is 3. The van der Waals surface area contributed by atoms with E-state index in [-0.39, 0.29) is 11.8 Å². The number of benzene rings is 3. The second-order valence-electron chi connectivity index (χ2n) is 8.10. The van der Waals surface area contributed by atoms with Gasteiger partial charge in [0.15, 0.2) is 0 Å². The van der Waals surface area contributed by atoms with Crippen molar-refractivity contribution in [3.63, 3.8) is 0 Å². The van der Waals surface area contributed by atoms with Crippen LogP contribution in [0.2, 0.25) is 10.0 Å². The molecule has 2 amide bonds. The molecule has 4 rings (SSSR count). The zero-order valence-electron chi connectivity index (χ0n) is 18.2. The molecule has 0 unspecified atom stereocenters. The SMILES string of the molecule is COc1cc(NC(=O)C2(c3ccc(Cl)cc3)CCCC2)ccc1NC(=O)c1ccccc1Cl. The van der Waals surface area contributed by atoms with Gasteiger partial charge in [-0.15, -0.1) is 0 Å². The average molecular weight is 483 g/mol. The number of halogens is 2. The summed E-state index contributed by atoms with van der Waals surface area (Å²) in [7, 11) is 1.51. The van der Waals surface area contributed by atoms with Gasteiger partial charge in [0, 0.05) is 16.8 Å². The fourth-order valence-corrected chi connectivity index (χ4v) is 4.70. The Morgan fingerprint density at radius 2 is 1.61 bits per heavy atom. The standard InChI is InChI=1S/C26H24Cl2N2O3/c1-33-23-16-19(12-13-22(23)30-24(31)20-6-2-3-7-21(20)28)29-25(32)26(14-4-5-15-26)17-8-10-18(27)11-9-17/h2-3,6-13,16H,4-5,14-15H2,1H3,(H,29,32)(H,30,31). The van der Waals surface area contributed by atoms with E-state index in [1.807, 2.05) is 24.3 Å². The molecule has 1 fully saturated rings. The molecule has 5 nitrogen and oxygen atoms in total. The first-order valence-corrected chi connectivity index (χ1v) is 11.5. The summed E-state index contributed by atoms with van der Waals surface area (Å²) in [5.41, 5.74) is 1.82. The van der Waals surface area contributed by atoms with Gasteiger partial charge in [-0.3, -0.25) is 9.59 Å². The zero-order chi connectivity index (χ0) is 23.4. The molecule has 0 spiro atoms. The lowest BCUT2D eigenvalue weighted by molar-refractivity contribution is -0.121. The number of nitrogens with one attached hydrogen (secondary N) is 2. The predicted octanol–water partition coefficient (Wildman–Crippen LogP) is 6.70. The molecule has 3 aromatic carbocycles. The Balaban J connectivity index is 1.55. The summed E-state index contributed by atoms with van der Waals surface area (Å²) in [6.07, 6.45) is 3.55. The fourth-order valence-electron chi connectivity index (χ4n) is 4.35. The van der Waals surface area contributed by atoms with Gasteiger partial charge in [-0.1, -0.05) is 60.3 Å². The van der Waals surface area contributed by atoms with Crippen molar-refractivity contribution < 1.29 is 14.3 Å². The quantitative estimate of drug-likeness (QED) is 0.410. The number of hydrogen-bond donors (Lipinski definition) is 2. The highest BCUT2D eigenvalue weighted by molar-refractivity contribution is 6.34. The summed E-state index contributed by atoms with van der Waals surface area (Å²) in [5, 5.41) is 6.88. The number of carbonyl (C=O) groups excluding carboxylic acids is 2. The molecule has 0 aromatic heterocycles. The first kappa shape index (κ1) is 23.1. The molecular weight excluding hydrogens is 459 g/mol. The second-order valence-corrected chi connectivity index (χ2v) is 8.94. The topological polar surface area (TPSA) is 67.4 Å². The highest BCUT2D eigenvalue weighted by atomic mass is 35.5. The maximum atomic E-state index is 13.4. The van der Waals surface area contributed by atoms with E-state index in [1.54, 1.807) is 42.5 Å². The van der Waals surface area contributed by atoms with Crippen LogP contribution in [-0.4, -0.2) is 18.9 Å². The van der Waals surface area contributed by atoms with Gasteiger partial charge in [0.05, 0.1) is 28.8 Å². The lowest BCUT2D eigenvalue weighted by Gasteiger charge is -2.28. The summed E-state index contributed by atoms with van der Waals surface area (Å²) >= 11 is 12.2.